The van der Waals surface area contributed by atoms with Gasteiger partial charge >= 0.3 is 0 Å². The van der Waals surface area contributed by atoms with Crippen LogP contribution in [0.2, 0.25) is 0 Å². The fraction of sp³-hybridized carbons (Fsp3) is 0.647. The zero-order valence-corrected chi connectivity index (χ0v) is 12.6. The van der Waals surface area contributed by atoms with Crippen LogP contribution in [0.1, 0.15) is 55.4 Å². The van der Waals surface area contributed by atoms with Gasteiger partial charge in [-0.2, -0.15) is 0 Å². The summed E-state index contributed by atoms with van der Waals surface area (Å²) in [6.07, 6.45) is 4.13. The Balaban J connectivity index is 2.72. The first kappa shape index (κ1) is 15.2. The van der Waals surface area contributed by atoms with Crippen LogP contribution in [0.25, 0.3) is 0 Å². The minimum Gasteiger partial charge on any atom is -0.393 e. The second kappa shape index (κ2) is 6.94. The molecular formula is C17H28O. The summed E-state index contributed by atoms with van der Waals surface area (Å²) < 4.78 is 0. The molecule has 0 aliphatic heterocycles. The van der Waals surface area contributed by atoms with E-state index in [0.29, 0.717) is 5.92 Å². The lowest BCUT2D eigenvalue weighted by molar-refractivity contribution is 0.110. The summed E-state index contributed by atoms with van der Waals surface area (Å²) in [5, 5.41) is 10.3. The van der Waals surface area contributed by atoms with Gasteiger partial charge in [-0.05, 0) is 56.2 Å². The monoisotopic (exact) mass is 248 g/mol. The van der Waals surface area contributed by atoms with E-state index in [2.05, 4.69) is 46.8 Å². The van der Waals surface area contributed by atoms with E-state index >= 15 is 0 Å². The van der Waals surface area contributed by atoms with Gasteiger partial charge in [0.15, 0.2) is 0 Å². The standard InChI is InChI=1S/C17H28O/c1-6-7-8-13(3)17(18)11-16-14(4)9-12(2)10-15(16)5/h9-10,13,17-18H,6-8,11H2,1-5H3. The lowest BCUT2D eigenvalue weighted by Crippen LogP contribution is -2.21. The highest BCUT2D eigenvalue weighted by molar-refractivity contribution is 5.37. The van der Waals surface area contributed by atoms with E-state index in [-0.39, 0.29) is 6.10 Å². The highest BCUT2D eigenvalue weighted by Crippen LogP contribution is 2.22. The molecule has 0 saturated carbocycles. The maximum Gasteiger partial charge on any atom is 0.0606 e. The van der Waals surface area contributed by atoms with Gasteiger partial charge in [-0.25, -0.2) is 0 Å². The molecule has 1 aromatic carbocycles. The Bertz CT molecular complexity index is 358. The van der Waals surface area contributed by atoms with Crippen LogP contribution in [0.4, 0.5) is 0 Å². The van der Waals surface area contributed by atoms with Crippen molar-refractivity contribution in [2.75, 3.05) is 0 Å². The molecule has 1 heteroatoms. The van der Waals surface area contributed by atoms with Crippen LogP contribution in [0.5, 0.6) is 0 Å². The largest absolute Gasteiger partial charge is 0.393 e. The van der Waals surface area contributed by atoms with Crippen molar-refractivity contribution in [2.45, 2.75) is 66.4 Å². The van der Waals surface area contributed by atoms with E-state index in [1.807, 2.05) is 0 Å². The predicted molar refractivity (Wildman–Crippen MR) is 79.1 cm³/mol. The Hall–Kier alpha value is -0.820. The first-order valence-electron chi connectivity index (χ1n) is 7.20. The SMILES string of the molecule is CCCCC(C)C(O)Cc1c(C)cc(C)cc1C. The zero-order valence-electron chi connectivity index (χ0n) is 12.6. The minimum atomic E-state index is -0.211. The van der Waals surface area contributed by atoms with E-state index in [0.717, 1.165) is 12.8 Å². The molecule has 0 heterocycles. The second-order valence-electron chi connectivity index (χ2n) is 5.77. The maximum atomic E-state index is 10.3. The van der Waals surface area contributed by atoms with E-state index < -0.39 is 0 Å². The van der Waals surface area contributed by atoms with E-state index in [1.54, 1.807) is 0 Å². The number of unbranched alkanes of at least 4 members (excludes halogenated alkanes) is 1. The lowest BCUT2D eigenvalue weighted by Gasteiger charge is -2.21. The first-order valence-corrected chi connectivity index (χ1v) is 7.20. The molecule has 2 unspecified atom stereocenters. The molecule has 0 aliphatic rings. The fourth-order valence-corrected chi connectivity index (χ4v) is 2.66. The second-order valence-corrected chi connectivity index (χ2v) is 5.77. The smallest absolute Gasteiger partial charge is 0.0606 e. The van der Waals surface area contributed by atoms with Gasteiger partial charge in [0.1, 0.15) is 0 Å². The number of hydrogen-bond donors (Lipinski definition) is 1. The molecule has 0 aromatic heterocycles. The third-order valence-electron chi connectivity index (χ3n) is 3.92. The Morgan fingerprint density at radius 2 is 1.67 bits per heavy atom. The van der Waals surface area contributed by atoms with Crippen LogP contribution >= 0.6 is 0 Å². The quantitative estimate of drug-likeness (QED) is 0.794. The summed E-state index contributed by atoms with van der Waals surface area (Å²) in [5.74, 6) is 0.394. The lowest BCUT2D eigenvalue weighted by atomic mass is 9.89. The molecule has 1 aromatic rings. The van der Waals surface area contributed by atoms with Crippen LogP contribution in [-0.4, -0.2) is 11.2 Å². The number of aliphatic hydroxyl groups excluding tert-OH is 1. The van der Waals surface area contributed by atoms with E-state index in [1.165, 1.54) is 35.1 Å². The average Bonchev–Trinajstić information content (AvgIpc) is 2.30. The van der Waals surface area contributed by atoms with Crippen molar-refractivity contribution in [3.63, 3.8) is 0 Å². The van der Waals surface area contributed by atoms with Gasteiger partial charge in [0, 0.05) is 0 Å². The minimum absolute atomic E-state index is 0.211. The summed E-state index contributed by atoms with van der Waals surface area (Å²) in [4.78, 5) is 0. The van der Waals surface area contributed by atoms with Crippen LogP contribution in [-0.2, 0) is 6.42 Å². The molecule has 0 amide bonds. The summed E-state index contributed by atoms with van der Waals surface area (Å²) in [7, 11) is 0. The van der Waals surface area contributed by atoms with Crippen molar-refractivity contribution in [3.05, 3.63) is 34.4 Å². The first-order chi connectivity index (χ1) is 8.45. The van der Waals surface area contributed by atoms with Crippen molar-refractivity contribution in [3.8, 4) is 0 Å². The zero-order chi connectivity index (χ0) is 13.7. The number of rotatable bonds is 6. The maximum absolute atomic E-state index is 10.3. The van der Waals surface area contributed by atoms with Gasteiger partial charge < -0.3 is 5.11 Å². The number of hydrogen-bond acceptors (Lipinski definition) is 1. The highest BCUT2D eigenvalue weighted by atomic mass is 16.3. The molecule has 0 saturated heterocycles. The molecule has 1 rings (SSSR count). The normalized spacial score (nSPS) is 14.6. The van der Waals surface area contributed by atoms with Crippen molar-refractivity contribution in [2.24, 2.45) is 5.92 Å². The summed E-state index contributed by atoms with van der Waals surface area (Å²) in [6, 6.07) is 4.43. The number of aliphatic hydroxyl groups is 1. The van der Waals surface area contributed by atoms with E-state index in [4.69, 9.17) is 0 Å². The Morgan fingerprint density at radius 3 is 2.17 bits per heavy atom. The molecule has 2 atom stereocenters. The fourth-order valence-electron chi connectivity index (χ4n) is 2.66. The summed E-state index contributed by atoms with van der Waals surface area (Å²) in [5.41, 5.74) is 5.27. The van der Waals surface area contributed by atoms with E-state index in [9.17, 15) is 5.11 Å². The average molecular weight is 248 g/mol. The molecule has 0 spiro atoms. The van der Waals surface area contributed by atoms with Gasteiger partial charge in [0.05, 0.1) is 6.10 Å². The van der Waals surface area contributed by atoms with Gasteiger partial charge in [0.25, 0.3) is 0 Å². The Morgan fingerprint density at radius 1 is 1.11 bits per heavy atom. The third kappa shape index (κ3) is 4.13. The molecule has 1 N–H and O–H groups in total. The number of benzene rings is 1. The Labute approximate surface area is 112 Å². The van der Waals surface area contributed by atoms with Gasteiger partial charge in [-0.3, -0.25) is 0 Å². The van der Waals surface area contributed by atoms with Crippen molar-refractivity contribution in [1.82, 2.24) is 0 Å². The summed E-state index contributed by atoms with van der Waals surface area (Å²) in [6.45, 7) is 10.8. The highest BCUT2D eigenvalue weighted by Gasteiger charge is 2.16. The third-order valence-corrected chi connectivity index (χ3v) is 3.92. The van der Waals surface area contributed by atoms with Gasteiger partial charge in [-0.15, -0.1) is 0 Å². The van der Waals surface area contributed by atoms with Gasteiger partial charge in [0.2, 0.25) is 0 Å². The van der Waals surface area contributed by atoms with Crippen LogP contribution < -0.4 is 0 Å². The number of aryl methyl sites for hydroxylation is 3. The molecule has 0 fully saturated rings. The van der Waals surface area contributed by atoms with Crippen molar-refractivity contribution < 1.29 is 5.11 Å². The topological polar surface area (TPSA) is 20.2 Å². The Kier molecular flexibility index (Phi) is 5.87. The molecule has 0 radical (unpaired) electrons. The molecule has 0 aliphatic carbocycles. The van der Waals surface area contributed by atoms with Gasteiger partial charge in [-0.1, -0.05) is 44.4 Å². The molecule has 102 valence electrons. The molecule has 18 heavy (non-hydrogen) atoms. The van der Waals surface area contributed by atoms with Crippen LogP contribution in [0.3, 0.4) is 0 Å². The molecular weight excluding hydrogens is 220 g/mol. The van der Waals surface area contributed by atoms with Crippen LogP contribution in [0.15, 0.2) is 12.1 Å². The molecule has 0 bridgehead atoms. The van der Waals surface area contributed by atoms with Crippen LogP contribution in [0, 0.1) is 26.7 Å². The molecule has 1 nitrogen and oxygen atoms in total. The van der Waals surface area contributed by atoms with Crippen molar-refractivity contribution in [1.29, 1.82) is 0 Å². The summed E-state index contributed by atoms with van der Waals surface area (Å²) >= 11 is 0. The predicted octanol–water partition coefficient (Wildman–Crippen LogP) is 4.34. The van der Waals surface area contributed by atoms with Crippen molar-refractivity contribution >= 4 is 0 Å².